The SMILES string of the molecule is CCCCCCCCCC/C=C\CCCCCCCCCCCCCCCCCCCCCCCCCC(=O)NC(COC1OC(CO)C(O)C(O)C1O)C(O)CCCCCCCCCC. The van der Waals surface area contributed by atoms with Gasteiger partial charge < -0.3 is 40.3 Å². The lowest BCUT2D eigenvalue weighted by Gasteiger charge is -2.40. The molecule has 6 N–H and O–H groups in total. The number of hydrogen-bond donors (Lipinski definition) is 6. The first-order valence-electron chi connectivity index (χ1n) is 28.9. The summed E-state index contributed by atoms with van der Waals surface area (Å²) in [6, 6.07) is -0.712. The summed E-state index contributed by atoms with van der Waals surface area (Å²) in [6.07, 6.45) is 51.5. The van der Waals surface area contributed by atoms with Crippen LogP contribution in [0, 0.1) is 0 Å². The van der Waals surface area contributed by atoms with E-state index in [1.54, 1.807) is 0 Å². The van der Waals surface area contributed by atoms with Gasteiger partial charge in [-0.3, -0.25) is 4.79 Å². The molecule has 9 nitrogen and oxygen atoms in total. The van der Waals surface area contributed by atoms with Crippen molar-refractivity contribution in [1.29, 1.82) is 0 Å². The molecule has 1 saturated heterocycles. The van der Waals surface area contributed by atoms with Crippen LogP contribution in [0.5, 0.6) is 0 Å². The van der Waals surface area contributed by atoms with Crippen molar-refractivity contribution < 1.29 is 39.8 Å². The van der Waals surface area contributed by atoms with Crippen LogP contribution in [0.3, 0.4) is 0 Å². The van der Waals surface area contributed by atoms with E-state index in [2.05, 4.69) is 31.3 Å². The molecule has 1 aliphatic rings. The minimum Gasteiger partial charge on any atom is -0.394 e. The highest BCUT2D eigenvalue weighted by Crippen LogP contribution is 2.23. The number of unbranched alkanes of at least 4 members (excludes halogenated alkanes) is 38. The number of amides is 1. The maximum atomic E-state index is 13.0. The number of aliphatic hydroxyl groups excluding tert-OH is 5. The number of ether oxygens (including phenoxy) is 2. The summed E-state index contributed by atoms with van der Waals surface area (Å²) in [5, 5.41) is 54.3. The Labute approximate surface area is 407 Å². The molecule has 0 aromatic rings. The fourth-order valence-corrected chi connectivity index (χ4v) is 9.51. The van der Waals surface area contributed by atoms with Crippen LogP contribution in [0.4, 0.5) is 0 Å². The lowest BCUT2D eigenvalue weighted by Crippen LogP contribution is -2.60. The summed E-state index contributed by atoms with van der Waals surface area (Å²) < 4.78 is 11.2. The molecule has 0 bridgehead atoms. The molecule has 7 atom stereocenters. The Bertz CT molecular complexity index is 1040. The van der Waals surface area contributed by atoms with Crippen molar-refractivity contribution in [3.8, 4) is 0 Å². The number of rotatable bonds is 50. The molecular formula is C57H111NO8. The maximum Gasteiger partial charge on any atom is 0.220 e. The highest BCUT2D eigenvalue weighted by atomic mass is 16.7. The third-order valence-electron chi connectivity index (χ3n) is 14.1. The Balaban J connectivity index is 2.00. The average molecular weight is 939 g/mol. The first-order chi connectivity index (χ1) is 32.3. The van der Waals surface area contributed by atoms with Crippen LogP contribution in [0.25, 0.3) is 0 Å². The zero-order chi connectivity index (χ0) is 48.0. The summed E-state index contributed by atoms with van der Waals surface area (Å²) in [6.45, 7) is 3.82. The van der Waals surface area contributed by atoms with Gasteiger partial charge in [-0.1, -0.05) is 257 Å². The molecule has 0 aliphatic carbocycles. The summed E-state index contributed by atoms with van der Waals surface area (Å²) in [7, 11) is 0. The quantitative estimate of drug-likeness (QED) is 0.0261. The van der Waals surface area contributed by atoms with Gasteiger partial charge in [0.2, 0.25) is 5.91 Å². The van der Waals surface area contributed by atoms with Crippen molar-refractivity contribution in [3.63, 3.8) is 0 Å². The topological polar surface area (TPSA) is 149 Å². The normalized spacial score (nSPS) is 19.8. The van der Waals surface area contributed by atoms with Crippen molar-refractivity contribution in [2.75, 3.05) is 13.2 Å². The number of carbonyl (C=O) groups excluding carboxylic acids is 1. The monoisotopic (exact) mass is 938 g/mol. The maximum absolute atomic E-state index is 13.0. The van der Waals surface area contributed by atoms with Crippen LogP contribution in [0.15, 0.2) is 12.2 Å². The third kappa shape index (κ3) is 36.9. The molecule has 1 heterocycles. The molecule has 392 valence electrons. The molecule has 1 amide bonds. The molecule has 1 fully saturated rings. The van der Waals surface area contributed by atoms with Gasteiger partial charge in [-0.05, 0) is 38.5 Å². The predicted octanol–water partition coefficient (Wildman–Crippen LogP) is 14.0. The standard InChI is InChI=1S/C57H111NO8/c1-3-5-7-9-11-13-14-15-16-17-18-19-20-21-22-23-24-25-26-27-28-29-30-31-32-33-34-35-36-37-38-39-41-43-45-47-53(61)58-50(51(60)46-44-42-40-12-10-8-6-4-2)49-65-57-56(64)55(63)54(62)52(48-59)66-57/h17-18,50-52,54-57,59-60,62-64H,3-16,19-49H2,1-2H3,(H,58,61)/b18-17-. The van der Waals surface area contributed by atoms with E-state index >= 15 is 0 Å². The molecule has 0 radical (unpaired) electrons. The molecule has 66 heavy (non-hydrogen) atoms. The smallest absolute Gasteiger partial charge is 0.220 e. The first kappa shape index (κ1) is 62.9. The van der Waals surface area contributed by atoms with Gasteiger partial charge in [0.05, 0.1) is 25.4 Å². The van der Waals surface area contributed by atoms with Crippen LogP contribution < -0.4 is 5.32 Å². The van der Waals surface area contributed by atoms with Crippen LogP contribution in [-0.2, 0) is 14.3 Å². The molecule has 1 rings (SSSR count). The van der Waals surface area contributed by atoms with E-state index in [-0.39, 0.29) is 12.5 Å². The van der Waals surface area contributed by atoms with E-state index in [0.29, 0.717) is 12.8 Å². The second kappa shape index (κ2) is 47.6. The summed E-state index contributed by atoms with van der Waals surface area (Å²) in [5.74, 6) is -0.142. The summed E-state index contributed by atoms with van der Waals surface area (Å²) in [5.41, 5.74) is 0. The van der Waals surface area contributed by atoms with E-state index in [0.717, 1.165) is 38.5 Å². The van der Waals surface area contributed by atoms with E-state index < -0.39 is 49.5 Å². The van der Waals surface area contributed by atoms with E-state index in [1.807, 2.05) is 0 Å². The van der Waals surface area contributed by atoms with E-state index in [9.17, 15) is 30.3 Å². The fraction of sp³-hybridized carbons (Fsp3) is 0.947. The molecule has 0 saturated carbocycles. The Morgan fingerprint density at radius 1 is 0.500 bits per heavy atom. The van der Waals surface area contributed by atoms with Crippen LogP contribution >= 0.6 is 0 Å². The van der Waals surface area contributed by atoms with Gasteiger partial charge in [-0.2, -0.15) is 0 Å². The van der Waals surface area contributed by atoms with Crippen molar-refractivity contribution in [2.24, 2.45) is 0 Å². The summed E-state index contributed by atoms with van der Waals surface area (Å²) in [4.78, 5) is 13.0. The van der Waals surface area contributed by atoms with Crippen molar-refractivity contribution in [1.82, 2.24) is 5.32 Å². The highest BCUT2D eigenvalue weighted by molar-refractivity contribution is 5.76. The Morgan fingerprint density at radius 2 is 0.848 bits per heavy atom. The number of nitrogens with one attached hydrogen (secondary N) is 1. The van der Waals surface area contributed by atoms with Gasteiger partial charge in [0, 0.05) is 6.42 Å². The van der Waals surface area contributed by atoms with Gasteiger partial charge in [-0.15, -0.1) is 0 Å². The Hall–Kier alpha value is -1.07. The molecule has 9 heteroatoms. The second-order valence-corrected chi connectivity index (χ2v) is 20.4. The van der Waals surface area contributed by atoms with Crippen LogP contribution in [0.2, 0.25) is 0 Å². The molecule has 0 aromatic carbocycles. The lowest BCUT2D eigenvalue weighted by atomic mass is 9.99. The minimum absolute atomic E-state index is 0.134. The van der Waals surface area contributed by atoms with Gasteiger partial charge in [0.1, 0.15) is 24.4 Å². The largest absolute Gasteiger partial charge is 0.394 e. The lowest BCUT2D eigenvalue weighted by molar-refractivity contribution is -0.302. The molecule has 7 unspecified atom stereocenters. The number of allylic oxidation sites excluding steroid dienone is 2. The third-order valence-corrected chi connectivity index (χ3v) is 14.1. The number of aliphatic hydroxyl groups is 5. The fourth-order valence-electron chi connectivity index (χ4n) is 9.51. The van der Waals surface area contributed by atoms with Gasteiger partial charge in [0.15, 0.2) is 6.29 Å². The molecule has 1 aliphatic heterocycles. The van der Waals surface area contributed by atoms with E-state index in [1.165, 1.54) is 225 Å². The highest BCUT2D eigenvalue weighted by Gasteiger charge is 2.44. The van der Waals surface area contributed by atoms with Crippen molar-refractivity contribution >= 4 is 5.91 Å². The second-order valence-electron chi connectivity index (χ2n) is 20.4. The van der Waals surface area contributed by atoms with Gasteiger partial charge in [-0.25, -0.2) is 0 Å². The minimum atomic E-state index is -1.55. The zero-order valence-corrected chi connectivity index (χ0v) is 43.5. The van der Waals surface area contributed by atoms with Gasteiger partial charge >= 0.3 is 0 Å². The summed E-state index contributed by atoms with van der Waals surface area (Å²) >= 11 is 0. The zero-order valence-electron chi connectivity index (χ0n) is 43.5. The molecular weight excluding hydrogens is 827 g/mol. The first-order valence-corrected chi connectivity index (χ1v) is 28.9. The van der Waals surface area contributed by atoms with Crippen molar-refractivity contribution in [3.05, 3.63) is 12.2 Å². The van der Waals surface area contributed by atoms with E-state index in [4.69, 9.17) is 9.47 Å². The Kier molecular flexibility index (Phi) is 45.4. The Morgan fingerprint density at radius 3 is 1.23 bits per heavy atom. The predicted molar refractivity (Wildman–Crippen MR) is 277 cm³/mol. The van der Waals surface area contributed by atoms with Crippen molar-refractivity contribution in [2.45, 2.75) is 333 Å². The number of carbonyl (C=O) groups is 1. The molecule has 0 aromatic heterocycles. The van der Waals surface area contributed by atoms with Crippen LogP contribution in [0.1, 0.15) is 290 Å². The van der Waals surface area contributed by atoms with Crippen LogP contribution in [-0.4, -0.2) is 87.5 Å². The number of hydrogen-bond acceptors (Lipinski definition) is 8. The average Bonchev–Trinajstić information content (AvgIpc) is 3.32. The van der Waals surface area contributed by atoms with Gasteiger partial charge in [0.25, 0.3) is 0 Å². The molecule has 0 spiro atoms.